The van der Waals surface area contributed by atoms with Gasteiger partial charge in [-0.2, -0.15) is 0 Å². The fraction of sp³-hybridized carbons (Fsp3) is 0.538. The third kappa shape index (κ3) is 5.08. The Morgan fingerprint density at radius 2 is 1.75 bits per heavy atom. The summed E-state index contributed by atoms with van der Waals surface area (Å²) in [6, 6.07) is 6.59. The lowest BCUT2D eigenvalue weighted by atomic mass is 9.96. The number of nitrogens with one attached hydrogen (secondary N) is 1. The van der Waals surface area contributed by atoms with Crippen LogP contribution in [-0.2, 0) is 15.8 Å². The van der Waals surface area contributed by atoms with Gasteiger partial charge in [0.05, 0.1) is 5.75 Å². The van der Waals surface area contributed by atoms with Crippen LogP contribution in [0.15, 0.2) is 24.3 Å². The van der Waals surface area contributed by atoms with Gasteiger partial charge in [-0.3, -0.25) is 0 Å². The molecule has 1 aromatic carbocycles. The van der Waals surface area contributed by atoms with Crippen LogP contribution >= 0.6 is 0 Å². The zero-order valence-corrected chi connectivity index (χ0v) is 12.7. The Balaban J connectivity index is 0.00000200. The van der Waals surface area contributed by atoms with Crippen molar-refractivity contribution in [1.29, 1.82) is 5.39 Å². The molecule has 0 atom stereocenters. The maximum absolute atomic E-state index is 12.0. The minimum Gasteiger partial charge on any atom is -1.00 e. The van der Waals surface area contributed by atoms with Crippen LogP contribution in [0.3, 0.4) is 0 Å². The van der Waals surface area contributed by atoms with Crippen LogP contribution in [0.1, 0.15) is 37.7 Å². The third-order valence-electron chi connectivity index (χ3n) is 3.36. The second-order valence-electron chi connectivity index (χ2n) is 4.98. The predicted molar refractivity (Wildman–Crippen MR) is 73.8 cm³/mol. The molecule has 0 amide bonds. The van der Waals surface area contributed by atoms with Crippen LogP contribution in [0.25, 0.3) is 4.98 Å². The number of hydrogen-bond acceptors (Lipinski definition) is 3. The summed E-state index contributed by atoms with van der Waals surface area (Å²) in [7, 11) is -3.30. The number of sulfonamides is 1. The van der Waals surface area contributed by atoms with Gasteiger partial charge in [-0.05, 0) is 30.5 Å². The fourth-order valence-corrected chi connectivity index (χ4v) is 3.85. The smallest absolute Gasteiger partial charge is 0.385 e. The maximum atomic E-state index is 12.0. The fourth-order valence-electron chi connectivity index (χ4n) is 2.39. The first-order valence-corrected chi connectivity index (χ1v) is 8.18. The van der Waals surface area contributed by atoms with Gasteiger partial charge in [-0.15, -0.1) is 0 Å². The van der Waals surface area contributed by atoms with Crippen molar-refractivity contribution in [1.82, 2.24) is 4.72 Å². The van der Waals surface area contributed by atoms with Gasteiger partial charge in [0.15, 0.2) is 4.98 Å². The molecule has 1 aliphatic carbocycles. The number of diazo groups is 1. The number of rotatable bonds is 4. The third-order valence-corrected chi connectivity index (χ3v) is 4.77. The Hall–Kier alpha value is -1.16. The van der Waals surface area contributed by atoms with Crippen LogP contribution < -0.4 is 17.1 Å². The van der Waals surface area contributed by atoms with Crippen molar-refractivity contribution in [2.24, 2.45) is 0 Å². The van der Waals surface area contributed by atoms with Gasteiger partial charge in [0.1, 0.15) is 0 Å². The van der Waals surface area contributed by atoms with E-state index in [0.717, 1.165) is 25.7 Å². The zero-order valence-electron chi connectivity index (χ0n) is 11.1. The van der Waals surface area contributed by atoms with E-state index in [-0.39, 0.29) is 24.2 Å². The molecule has 0 aromatic heterocycles. The number of benzene rings is 1. The van der Waals surface area contributed by atoms with Crippen molar-refractivity contribution in [3.8, 4) is 0 Å². The maximum Gasteiger partial charge on any atom is 0.385 e. The van der Waals surface area contributed by atoms with Gasteiger partial charge < -0.3 is 12.4 Å². The minimum absolute atomic E-state index is 0. The largest absolute Gasteiger partial charge is 1.00 e. The molecule has 0 bridgehead atoms. The van der Waals surface area contributed by atoms with Crippen molar-refractivity contribution in [3.05, 3.63) is 34.8 Å². The van der Waals surface area contributed by atoms with E-state index in [1.807, 2.05) is 0 Å². The SMILES string of the molecule is N#[N+]c1ccc(CS(=O)(=O)NC2CCCCC2)cc1.[Cl-]. The van der Waals surface area contributed by atoms with Crippen molar-refractivity contribution >= 4 is 15.7 Å². The normalized spacial score (nSPS) is 16.1. The van der Waals surface area contributed by atoms with Crippen molar-refractivity contribution in [2.45, 2.75) is 43.9 Å². The molecule has 1 N–H and O–H groups in total. The van der Waals surface area contributed by atoms with E-state index in [0.29, 0.717) is 11.3 Å². The standard InChI is InChI=1S/C13H18N3O2S.ClH/c14-15-12-8-6-11(7-9-12)10-19(17,18)16-13-4-2-1-3-5-13;/h6-9,13,16H,1-5,10H2;1H/q+1;/p-1. The Morgan fingerprint density at radius 1 is 1.15 bits per heavy atom. The summed E-state index contributed by atoms with van der Waals surface area (Å²) in [5, 5.41) is 8.57. The molecule has 1 saturated carbocycles. The molecule has 0 heterocycles. The second kappa shape index (κ2) is 7.58. The average molecular weight is 316 g/mol. The Labute approximate surface area is 125 Å². The highest BCUT2D eigenvalue weighted by Gasteiger charge is 2.20. The molecular formula is C13H18ClN3O2S. The summed E-state index contributed by atoms with van der Waals surface area (Å²) < 4.78 is 26.8. The summed E-state index contributed by atoms with van der Waals surface area (Å²) in [6.45, 7) is 0. The highest BCUT2D eigenvalue weighted by Crippen LogP contribution is 2.19. The van der Waals surface area contributed by atoms with E-state index >= 15 is 0 Å². The first-order valence-electron chi connectivity index (χ1n) is 6.53. The first kappa shape index (κ1) is 16.9. The molecule has 0 aliphatic heterocycles. The van der Waals surface area contributed by atoms with E-state index in [4.69, 9.17) is 5.39 Å². The lowest BCUT2D eigenvalue weighted by Crippen LogP contribution is -3.00. The molecule has 7 heteroatoms. The quantitative estimate of drug-likeness (QED) is 0.790. The van der Waals surface area contributed by atoms with Crippen LogP contribution in [0.5, 0.6) is 0 Å². The van der Waals surface area contributed by atoms with Gasteiger partial charge >= 0.3 is 5.69 Å². The minimum atomic E-state index is -3.30. The van der Waals surface area contributed by atoms with Gasteiger partial charge in [-0.1, -0.05) is 19.3 Å². The predicted octanol–water partition coefficient (Wildman–Crippen LogP) is -0.0727. The van der Waals surface area contributed by atoms with E-state index in [2.05, 4.69) is 9.70 Å². The molecule has 0 spiro atoms. The van der Waals surface area contributed by atoms with Gasteiger partial charge in [0, 0.05) is 18.2 Å². The van der Waals surface area contributed by atoms with Crippen molar-refractivity contribution in [2.75, 3.05) is 0 Å². The van der Waals surface area contributed by atoms with Crippen LogP contribution in [0.2, 0.25) is 0 Å². The molecule has 1 fully saturated rings. The summed E-state index contributed by atoms with van der Waals surface area (Å²) in [5.41, 5.74) is 1.11. The molecule has 1 aromatic rings. The lowest BCUT2D eigenvalue weighted by Gasteiger charge is -2.22. The number of halogens is 1. The van der Waals surface area contributed by atoms with E-state index in [9.17, 15) is 8.42 Å². The lowest BCUT2D eigenvalue weighted by molar-refractivity contribution is -0.00000699. The molecule has 0 radical (unpaired) electrons. The number of hydrogen-bond donors (Lipinski definition) is 1. The van der Waals surface area contributed by atoms with Crippen molar-refractivity contribution < 1.29 is 20.8 Å². The summed E-state index contributed by atoms with van der Waals surface area (Å²) >= 11 is 0. The number of nitrogens with zero attached hydrogens (tertiary/aromatic N) is 2. The molecular weight excluding hydrogens is 298 g/mol. The Kier molecular flexibility index (Phi) is 6.40. The van der Waals surface area contributed by atoms with E-state index in [1.165, 1.54) is 6.42 Å². The summed E-state index contributed by atoms with van der Waals surface area (Å²) in [4.78, 5) is 3.04. The van der Waals surface area contributed by atoms with Crippen LogP contribution in [0, 0.1) is 5.39 Å². The molecule has 1 aliphatic rings. The first-order chi connectivity index (χ1) is 9.09. The average Bonchev–Trinajstić information content (AvgIpc) is 2.39. The molecule has 0 saturated heterocycles. The Morgan fingerprint density at radius 3 is 2.30 bits per heavy atom. The van der Waals surface area contributed by atoms with Crippen molar-refractivity contribution in [3.63, 3.8) is 0 Å². The second-order valence-corrected chi connectivity index (χ2v) is 6.73. The van der Waals surface area contributed by atoms with Gasteiger partial charge in [0.2, 0.25) is 15.4 Å². The topological polar surface area (TPSA) is 74.3 Å². The van der Waals surface area contributed by atoms with Gasteiger partial charge in [0.25, 0.3) is 0 Å². The van der Waals surface area contributed by atoms with Gasteiger partial charge in [-0.25, -0.2) is 13.1 Å². The monoisotopic (exact) mass is 315 g/mol. The zero-order chi connectivity index (χ0) is 13.7. The summed E-state index contributed by atoms with van der Waals surface area (Å²) in [5.74, 6) is -0.0325. The molecule has 20 heavy (non-hydrogen) atoms. The summed E-state index contributed by atoms with van der Waals surface area (Å²) in [6.07, 6.45) is 5.26. The van der Waals surface area contributed by atoms with E-state index < -0.39 is 10.0 Å². The van der Waals surface area contributed by atoms with Crippen LogP contribution in [0.4, 0.5) is 5.69 Å². The molecule has 110 valence electrons. The van der Waals surface area contributed by atoms with E-state index in [1.54, 1.807) is 24.3 Å². The van der Waals surface area contributed by atoms with Crippen LogP contribution in [-0.4, -0.2) is 14.5 Å². The highest BCUT2D eigenvalue weighted by atomic mass is 35.5. The Bertz CT molecular complexity index is 560. The highest BCUT2D eigenvalue weighted by molar-refractivity contribution is 7.88. The molecule has 5 nitrogen and oxygen atoms in total. The molecule has 2 rings (SSSR count). The molecule has 0 unspecified atom stereocenters.